The van der Waals surface area contributed by atoms with Crippen molar-refractivity contribution in [3.8, 4) is 0 Å². The molecule has 0 aliphatic carbocycles. The molecule has 2 N–H and O–H groups in total. The molecule has 0 atom stereocenters. The third-order valence-electron chi connectivity index (χ3n) is 3.95. The van der Waals surface area contributed by atoms with Crippen LogP contribution in [-0.4, -0.2) is 14.3 Å². The number of halogens is 2. The van der Waals surface area contributed by atoms with Crippen LogP contribution in [0.1, 0.15) is 10.4 Å². The van der Waals surface area contributed by atoms with E-state index in [9.17, 15) is 17.6 Å². The number of hydrogen-bond donors (Lipinski definition) is 2. The molecular weight excluding hydrogens is 367 g/mol. The Labute approximate surface area is 147 Å². The number of nitrogens with one attached hydrogen (secondary N) is 2. The van der Waals surface area contributed by atoms with E-state index in [4.69, 9.17) is 11.6 Å². The average Bonchev–Trinajstić information content (AvgIpc) is 2.89. The summed E-state index contributed by atoms with van der Waals surface area (Å²) in [4.78, 5) is 12.0. The van der Waals surface area contributed by atoms with Gasteiger partial charge in [0.15, 0.2) is 0 Å². The highest BCUT2D eigenvalue weighted by Crippen LogP contribution is 2.37. The first kappa shape index (κ1) is 15.9. The molecule has 126 valence electrons. The lowest BCUT2D eigenvalue weighted by molar-refractivity contribution is 0.103. The summed E-state index contributed by atoms with van der Waals surface area (Å²) in [5.74, 6) is -0.909. The van der Waals surface area contributed by atoms with Crippen molar-refractivity contribution in [1.82, 2.24) is 0 Å². The minimum Gasteiger partial charge on any atom is -0.321 e. The van der Waals surface area contributed by atoms with Crippen LogP contribution < -0.4 is 10.0 Å². The third kappa shape index (κ3) is 2.52. The van der Waals surface area contributed by atoms with Gasteiger partial charge in [-0.05, 0) is 36.4 Å². The largest absolute Gasteiger partial charge is 0.321 e. The smallest absolute Gasteiger partial charge is 0.262 e. The van der Waals surface area contributed by atoms with Gasteiger partial charge in [-0.1, -0.05) is 23.7 Å². The van der Waals surface area contributed by atoms with Crippen molar-refractivity contribution in [1.29, 1.82) is 0 Å². The Morgan fingerprint density at radius 3 is 2.64 bits per heavy atom. The maximum atomic E-state index is 13.2. The Morgan fingerprint density at radius 1 is 1.08 bits per heavy atom. The Balaban J connectivity index is 1.85. The molecule has 4 rings (SSSR count). The van der Waals surface area contributed by atoms with Crippen molar-refractivity contribution in [2.75, 3.05) is 10.0 Å². The summed E-state index contributed by atoms with van der Waals surface area (Å²) in [6.45, 7) is 0. The van der Waals surface area contributed by atoms with E-state index in [1.807, 2.05) is 0 Å². The second-order valence-electron chi connectivity index (χ2n) is 5.53. The standard InChI is InChI=1S/C17H10ClFN2O3S/c18-12-8-9(4-5-13(12)19)21-25(23,24)15-7-6-14-16-10(15)2-1-3-11(16)17(22)20-14/h1-8,21H,(H,20,22). The summed E-state index contributed by atoms with van der Waals surface area (Å²) in [6.07, 6.45) is 0. The summed E-state index contributed by atoms with van der Waals surface area (Å²) in [5.41, 5.74) is 1.14. The van der Waals surface area contributed by atoms with Crippen LogP contribution in [0.2, 0.25) is 5.02 Å². The normalized spacial score (nSPS) is 13.1. The highest BCUT2D eigenvalue weighted by molar-refractivity contribution is 7.93. The Hall–Kier alpha value is -2.64. The Kier molecular flexibility index (Phi) is 3.45. The molecule has 0 spiro atoms. The van der Waals surface area contributed by atoms with Gasteiger partial charge in [-0.25, -0.2) is 12.8 Å². The quantitative estimate of drug-likeness (QED) is 0.725. The molecule has 1 aliphatic rings. The minimum atomic E-state index is -3.96. The molecule has 1 aliphatic heterocycles. The molecule has 3 aromatic rings. The lowest BCUT2D eigenvalue weighted by Crippen LogP contribution is -2.13. The van der Waals surface area contributed by atoms with Crippen molar-refractivity contribution in [2.45, 2.75) is 4.90 Å². The van der Waals surface area contributed by atoms with Gasteiger partial charge in [-0.3, -0.25) is 9.52 Å². The molecule has 0 fully saturated rings. The zero-order chi connectivity index (χ0) is 17.8. The number of anilines is 2. The Morgan fingerprint density at radius 2 is 1.88 bits per heavy atom. The van der Waals surface area contributed by atoms with Crippen LogP contribution in [0.5, 0.6) is 0 Å². The molecule has 0 unspecified atom stereocenters. The fourth-order valence-corrected chi connectivity index (χ4v) is 4.30. The molecule has 3 aromatic carbocycles. The topological polar surface area (TPSA) is 75.3 Å². The van der Waals surface area contributed by atoms with Crippen LogP contribution in [0.15, 0.2) is 53.4 Å². The van der Waals surface area contributed by atoms with Crippen molar-refractivity contribution >= 4 is 49.7 Å². The number of amides is 1. The van der Waals surface area contributed by atoms with E-state index >= 15 is 0 Å². The molecule has 5 nitrogen and oxygen atoms in total. The van der Waals surface area contributed by atoms with Gasteiger partial charge in [0.25, 0.3) is 15.9 Å². The number of sulfonamides is 1. The highest BCUT2D eigenvalue weighted by atomic mass is 35.5. The van der Waals surface area contributed by atoms with E-state index < -0.39 is 15.8 Å². The summed E-state index contributed by atoms with van der Waals surface area (Å²) in [7, 11) is -3.96. The monoisotopic (exact) mass is 376 g/mol. The van der Waals surface area contributed by atoms with E-state index in [1.165, 1.54) is 18.2 Å². The van der Waals surface area contributed by atoms with Crippen molar-refractivity contribution in [3.63, 3.8) is 0 Å². The van der Waals surface area contributed by atoms with Crippen LogP contribution >= 0.6 is 11.6 Å². The second kappa shape index (κ2) is 5.44. The van der Waals surface area contributed by atoms with E-state index in [0.29, 0.717) is 22.0 Å². The van der Waals surface area contributed by atoms with E-state index in [2.05, 4.69) is 10.0 Å². The number of carbonyl (C=O) groups is 1. The summed E-state index contributed by atoms with van der Waals surface area (Å²) >= 11 is 5.69. The van der Waals surface area contributed by atoms with Crippen LogP contribution in [0.4, 0.5) is 15.8 Å². The fraction of sp³-hybridized carbons (Fsp3) is 0. The molecular formula is C17H10ClFN2O3S. The van der Waals surface area contributed by atoms with Gasteiger partial charge >= 0.3 is 0 Å². The van der Waals surface area contributed by atoms with E-state index in [0.717, 1.165) is 6.07 Å². The van der Waals surface area contributed by atoms with Gasteiger partial charge in [0, 0.05) is 22.0 Å². The summed E-state index contributed by atoms with van der Waals surface area (Å²) in [6, 6.07) is 11.4. The van der Waals surface area contributed by atoms with E-state index in [-0.39, 0.29) is 21.5 Å². The lowest BCUT2D eigenvalue weighted by atomic mass is 10.1. The average molecular weight is 377 g/mol. The summed E-state index contributed by atoms with van der Waals surface area (Å²) < 4.78 is 41.2. The molecule has 0 radical (unpaired) electrons. The van der Waals surface area contributed by atoms with Crippen LogP contribution in [0.3, 0.4) is 0 Å². The number of benzene rings is 3. The number of carbonyl (C=O) groups excluding carboxylic acids is 1. The SMILES string of the molecule is O=C1Nc2ccc(S(=O)(=O)Nc3ccc(F)c(Cl)c3)c3cccc1c23. The van der Waals surface area contributed by atoms with Gasteiger partial charge in [-0.15, -0.1) is 0 Å². The fourth-order valence-electron chi connectivity index (χ4n) is 2.87. The minimum absolute atomic E-state index is 0.0186. The van der Waals surface area contributed by atoms with Crippen molar-refractivity contribution in [2.24, 2.45) is 0 Å². The van der Waals surface area contributed by atoms with Crippen LogP contribution in [0, 0.1) is 5.82 Å². The molecule has 0 bridgehead atoms. The lowest BCUT2D eigenvalue weighted by Gasteiger charge is -2.11. The molecule has 8 heteroatoms. The maximum Gasteiger partial charge on any atom is 0.262 e. The van der Waals surface area contributed by atoms with Crippen molar-refractivity contribution in [3.05, 3.63) is 64.9 Å². The molecule has 1 amide bonds. The van der Waals surface area contributed by atoms with E-state index in [1.54, 1.807) is 24.3 Å². The number of rotatable bonds is 3. The zero-order valence-corrected chi connectivity index (χ0v) is 14.1. The Bertz CT molecular complexity index is 1160. The molecule has 0 saturated heterocycles. The predicted molar refractivity (Wildman–Crippen MR) is 94.1 cm³/mol. The first-order valence-corrected chi connectivity index (χ1v) is 9.08. The van der Waals surface area contributed by atoms with Gasteiger partial charge in [0.1, 0.15) is 5.82 Å². The summed E-state index contributed by atoms with van der Waals surface area (Å²) in [5, 5.41) is 3.50. The van der Waals surface area contributed by atoms with Crippen molar-refractivity contribution < 1.29 is 17.6 Å². The van der Waals surface area contributed by atoms with Crippen LogP contribution in [-0.2, 0) is 10.0 Å². The van der Waals surface area contributed by atoms with Gasteiger partial charge in [0.2, 0.25) is 0 Å². The van der Waals surface area contributed by atoms with Crippen LogP contribution in [0.25, 0.3) is 10.8 Å². The number of hydrogen-bond acceptors (Lipinski definition) is 3. The third-order valence-corrected chi connectivity index (χ3v) is 5.68. The molecule has 0 aromatic heterocycles. The second-order valence-corrected chi connectivity index (χ2v) is 7.59. The first-order chi connectivity index (χ1) is 11.9. The maximum absolute atomic E-state index is 13.2. The molecule has 0 saturated carbocycles. The highest BCUT2D eigenvalue weighted by Gasteiger charge is 2.26. The predicted octanol–water partition coefficient (Wildman–Crippen LogP) is 4.00. The van der Waals surface area contributed by atoms with Gasteiger partial charge < -0.3 is 5.32 Å². The molecule has 1 heterocycles. The van der Waals surface area contributed by atoms with Gasteiger partial charge in [-0.2, -0.15) is 0 Å². The first-order valence-electron chi connectivity index (χ1n) is 7.22. The van der Waals surface area contributed by atoms with Gasteiger partial charge in [0.05, 0.1) is 15.6 Å². The zero-order valence-electron chi connectivity index (χ0n) is 12.5. The molecule has 25 heavy (non-hydrogen) atoms.